The molecule has 1 aliphatic heterocycles. The molecule has 0 saturated carbocycles. The highest BCUT2D eigenvalue weighted by Gasteiger charge is 2.29. The van der Waals surface area contributed by atoms with Gasteiger partial charge in [0, 0.05) is 18.7 Å². The van der Waals surface area contributed by atoms with Gasteiger partial charge in [0.2, 0.25) is 0 Å². The van der Waals surface area contributed by atoms with Gasteiger partial charge in [-0.3, -0.25) is 14.6 Å². The topological polar surface area (TPSA) is 70.5 Å². The number of aromatic nitrogens is 1. The maximum absolute atomic E-state index is 12.7. The van der Waals surface area contributed by atoms with Gasteiger partial charge in [0.05, 0.1) is 22.9 Å². The molecule has 0 aliphatic carbocycles. The normalized spacial score (nSPS) is 17.5. The SMILES string of the molecule is Cc1nc(-c2ccccc2)ccc1C(=O)N1CCC[C@H](C(=O)O)C1. The van der Waals surface area contributed by atoms with Gasteiger partial charge < -0.3 is 10.0 Å². The van der Waals surface area contributed by atoms with Crippen LogP contribution in [-0.2, 0) is 4.79 Å². The predicted molar refractivity (Wildman–Crippen MR) is 90.7 cm³/mol. The number of benzene rings is 1. The first-order valence-corrected chi connectivity index (χ1v) is 8.11. The van der Waals surface area contributed by atoms with Crippen LogP contribution in [0.4, 0.5) is 0 Å². The molecule has 124 valence electrons. The average molecular weight is 324 g/mol. The molecule has 5 heteroatoms. The Morgan fingerprint density at radius 2 is 1.92 bits per heavy atom. The van der Waals surface area contributed by atoms with Crippen LogP contribution < -0.4 is 0 Å². The average Bonchev–Trinajstić information content (AvgIpc) is 2.62. The summed E-state index contributed by atoms with van der Waals surface area (Å²) < 4.78 is 0. The second-order valence-electron chi connectivity index (χ2n) is 6.12. The van der Waals surface area contributed by atoms with Gasteiger partial charge in [-0.2, -0.15) is 0 Å². The maximum Gasteiger partial charge on any atom is 0.308 e. The summed E-state index contributed by atoms with van der Waals surface area (Å²) in [6.07, 6.45) is 1.35. The fraction of sp³-hybridized carbons (Fsp3) is 0.316. The second kappa shape index (κ2) is 6.83. The molecule has 5 nitrogen and oxygen atoms in total. The highest BCUT2D eigenvalue weighted by atomic mass is 16.4. The Bertz CT molecular complexity index is 758. The van der Waals surface area contributed by atoms with Gasteiger partial charge in [0.1, 0.15) is 0 Å². The van der Waals surface area contributed by atoms with E-state index in [4.69, 9.17) is 0 Å². The highest BCUT2D eigenvalue weighted by molar-refractivity contribution is 5.96. The third kappa shape index (κ3) is 3.30. The number of rotatable bonds is 3. The number of pyridine rings is 1. The summed E-state index contributed by atoms with van der Waals surface area (Å²) in [6, 6.07) is 13.4. The van der Waals surface area contributed by atoms with Gasteiger partial charge in [-0.1, -0.05) is 30.3 Å². The molecule has 0 bridgehead atoms. The first-order valence-electron chi connectivity index (χ1n) is 8.11. The van der Waals surface area contributed by atoms with E-state index in [2.05, 4.69) is 4.98 Å². The summed E-state index contributed by atoms with van der Waals surface area (Å²) in [7, 11) is 0. The van der Waals surface area contributed by atoms with Crippen LogP contribution in [0.5, 0.6) is 0 Å². The van der Waals surface area contributed by atoms with Crippen molar-refractivity contribution in [1.29, 1.82) is 0 Å². The molecule has 1 N–H and O–H groups in total. The minimum absolute atomic E-state index is 0.134. The molecule has 1 atom stereocenters. The molecular weight excluding hydrogens is 304 g/mol. The van der Waals surface area contributed by atoms with Crippen molar-refractivity contribution in [2.24, 2.45) is 5.92 Å². The maximum atomic E-state index is 12.7. The van der Waals surface area contributed by atoms with E-state index in [0.717, 1.165) is 17.7 Å². The zero-order chi connectivity index (χ0) is 17.1. The van der Waals surface area contributed by atoms with E-state index in [9.17, 15) is 14.7 Å². The lowest BCUT2D eigenvalue weighted by molar-refractivity contribution is -0.143. The number of likely N-dealkylation sites (tertiary alicyclic amines) is 1. The largest absolute Gasteiger partial charge is 0.481 e. The Morgan fingerprint density at radius 3 is 2.58 bits per heavy atom. The number of carboxylic acids is 1. The van der Waals surface area contributed by atoms with Crippen molar-refractivity contribution in [2.75, 3.05) is 13.1 Å². The van der Waals surface area contributed by atoms with Crippen LogP contribution in [-0.4, -0.2) is 40.0 Å². The minimum Gasteiger partial charge on any atom is -0.481 e. The molecule has 0 spiro atoms. The molecule has 1 aromatic carbocycles. The Labute approximate surface area is 140 Å². The van der Waals surface area contributed by atoms with E-state index >= 15 is 0 Å². The minimum atomic E-state index is -0.832. The zero-order valence-corrected chi connectivity index (χ0v) is 13.6. The summed E-state index contributed by atoms with van der Waals surface area (Å²) >= 11 is 0. The second-order valence-corrected chi connectivity index (χ2v) is 6.12. The number of aliphatic carboxylic acids is 1. The first kappa shape index (κ1) is 16.2. The van der Waals surface area contributed by atoms with Crippen LogP contribution in [0, 0.1) is 12.8 Å². The van der Waals surface area contributed by atoms with Crippen molar-refractivity contribution in [1.82, 2.24) is 9.88 Å². The van der Waals surface area contributed by atoms with Gasteiger partial charge >= 0.3 is 5.97 Å². The number of hydrogen-bond acceptors (Lipinski definition) is 3. The van der Waals surface area contributed by atoms with Crippen LogP contribution in [0.3, 0.4) is 0 Å². The van der Waals surface area contributed by atoms with Crippen molar-refractivity contribution in [3.05, 3.63) is 53.7 Å². The standard InChI is InChI=1S/C19H20N2O3/c1-13-16(9-10-17(20-13)14-6-3-2-4-7-14)18(22)21-11-5-8-15(12-21)19(23)24/h2-4,6-7,9-10,15H,5,8,11-12H2,1H3,(H,23,24)/t15-/m0/s1. The number of hydrogen-bond donors (Lipinski definition) is 1. The molecule has 24 heavy (non-hydrogen) atoms. The van der Waals surface area contributed by atoms with Crippen molar-refractivity contribution >= 4 is 11.9 Å². The lowest BCUT2D eigenvalue weighted by Gasteiger charge is -2.31. The summed E-state index contributed by atoms with van der Waals surface area (Å²) in [4.78, 5) is 30.1. The van der Waals surface area contributed by atoms with Crippen molar-refractivity contribution in [3.63, 3.8) is 0 Å². The monoisotopic (exact) mass is 324 g/mol. The van der Waals surface area contributed by atoms with Crippen molar-refractivity contribution < 1.29 is 14.7 Å². The first-order chi connectivity index (χ1) is 11.6. The molecule has 1 aromatic heterocycles. The predicted octanol–water partition coefficient (Wildman–Crippen LogP) is 2.99. The lowest BCUT2D eigenvalue weighted by Crippen LogP contribution is -2.42. The van der Waals surface area contributed by atoms with Crippen LogP contribution in [0.1, 0.15) is 28.9 Å². The van der Waals surface area contributed by atoms with Crippen LogP contribution in [0.25, 0.3) is 11.3 Å². The van der Waals surface area contributed by atoms with Gasteiger partial charge in [-0.15, -0.1) is 0 Å². The highest BCUT2D eigenvalue weighted by Crippen LogP contribution is 2.22. The summed E-state index contributed by atoms with van der Waals surface area (Å²) in [5, 5.41) is 9.18. The third-order valence-electron chi connectivity index (χ3n) is 4.44. The van der Waals surface area contributed by atoms with Crippen LogP contribution in [0.15, 0.2) is 42.5 Å². The quantitative estimate of drug-likeness (QED) is 0.942. The number of aryl methyl sites for hydroxylation is 1. The summed E-state index contributed by atoms with van der Waals surface area (Å²) in [5.74, 6) is -1.44. The molecule has 2 aromatic rings. The Balaban J connectivity index is 1.82. The molecule has 1 saturated heterocycles. The number of nitrogens with zero attached hydrogens (tertiary/aromatic N) is 2. The van der Waals surface area contributed by atoms with Gasteiger partial charge in [0.15, 0.2) is 0 Å². The van der Waals surface area contributed by atoms with E-state index in [0.29, 0.717) is 24.2 Å². The fourth-order valence-corrected chi connectivity index (χ4v) is 3.09. The number of piperidine rings is 1. The van der Waals surface area contributed by atoms with E-state index in [1.54, 1.807) is 11.0 Å². The fourth-order valence-electron chi connectivity index (χ4n) is 3.09. The van der Waals surface area contributed by atoms with Gasteiger partial charge in [-0.25, -0.2) is 0 Å². The number of carbonyl (C=O) groups is 2. The molecular formula is C19H20N2O3. The molecule has 1 amide bonds. The van der Waals surface area contributed by atoms with Crippen molar-refractivity contribution in [2.45, 2.75) is 19.8 Å². The molecule has 1 fully saturated rings. The van der Waals surface area contributed by atoms with Crippen LogP contribution in [0.2, 0.25) is 0 Å². The lowest BCUT2D eigenvalue weighted by atomic mass is 9.97. The Hall–Kier alpha value is -2.69. The Kier molecular flexibility index (Phi) is 4.60. The molecule has 1 aliphatic rings. The van der Waals surface area contributed by atoms with Crippen LogP contribution >= 0.6 is 0 Å². The van der Waals surface area contributed by atoms with Crippen molar-refractivity contribution in [3.8, 4) is 11.3 Å². The number of amides is 1. The van der Waals surface area contributed by atoms with Gasteiger partial charge in [0.25, 0.3) is 5.91 Å². The van der Waals surface area contributed by atoms with E-state index < -0.39 is 11.9 Å². The van der Waals surface area contributed by atoms with E-state index in [1.807, 2.05) is 43.3 Å². The number of carboxylic acid groups (broad SMARTS) is 1. The molecule has 3 rings (SSSR count). The van der Waals surface area contributed by atoms with Gasteiger partial charge in [-0.05, 0) is 31.9 Å². The molecule has 0 radical (unpaired) electrons. The molecule has 2 heterocycles. The number of carbonyl (C=O) groups excluding carboxylic acids is 1. The smallest absolute Gasteiger partial charge is 0.308 e. The van der Waals surface area contributed by atoms with E-state index in [-0.39, 0.29) is 12.5 Å². The zero-order valence-electron chi connectivity index (χ0n) is 13.6. The molecule has 0 unspecified atom stereocenters. The third-order valence-corrected chi connectivity index (χ3v) is 4.44. The summed E-state index contributed by atoms with van der Waals surface area (Å²) in [6.45, 7) is 2.69. The summed E-state index contributed by atoms with van der Waals surface area (Å²) in [5.41, 5.74) is 3.04. The Morgan fingerprint density at radius 1 is 1.17 bits per heavy atom. The van der Waals surface area contributed by atoms with E-state index in [1.165, 1.54) is 0 Å².